The summed E-state index contributed by atoms with van der Waals surface area (Å²) in [4.78, 5) is 16.8. The van der Waals surface area contributed by atoms with Gasteiger partial charge in [-0.15, -0.1) is 11.3 Å². The van der Waals surface area contributed by atoms with E-state index in [0.29, 0.717) is 16.0 Å². The summed E-state index contributed by atoms with van der Waals surface area (Å²) in [5.74, 6) is -0.246. The number of fused-ring (bicyclic) bond motifs is 1. The number of amides is 1. The summed E-state index contributed by atoms with van der Waals surface area (Å²) in [5.41, 5.74) is 3.31. The molecule has 1 amide bonds. The topological polar surface area (TPSA) is 68.9 Å². The highest BCUT2D eigenvalue weighted by atomic mass is 32.1. The van der Waals surface area contributed by atoms with Gasteiger partial charge in [0.1, 0.15) is 0 Å². The second kappa shape index (κ2) is 6.93. The first-order valence-corrected chi connectivity index (χ1v) is 8.92. The van der Waals surface area contributed by atoms with Crippen molar-refractivity contribution in [2.45, 2.75) is 6.42 Å². The molecule has 128 valence electrons. The molecule has 0 bridgehead atoms. The molecule has 0 aliphatic heterocycles. The van der Waals surface area contributed by atoms with E-state index < -0.39 is 0 Å². The minimum Gasteiger partial charge on any atom is -0.619 e. The van der Waals surface area contributed by atoms with Gasteiger partial charge in [0.25, 0.3) is 5.91 Å². The van der Waals surface area contributed by atoms with Gasteiger partial charge in [0.05, 0.1) is 20.8 Å². The van der Waals surface area contributed by atoms with Crippen molar-refractivity contribution in [1.29, 1.82) is 0 Å². The first-order chi connectivity index (χ1) is 12.7. The van der Waals surface area contributed by atoms with E-state index in [1.807, 2.05) is 42.5 Å². The van der Waals surface area contributed by atoms with Gasteiger partial charge in [-0.05, 0) is 29.8 Å². The van der Waals surface area contributed by atoms with Gasteiger partial charge < -0.3 is 10.5 Å². The van der Waals surface area contributed by atoms with Crippen LogP contribution in [0.2, 0.25) is 0 Å². The predicted molar refractivity (Wildman–Crippen MR) is 102 cm³/mol. The monoisotopic (exact) mass is 361 g/mol. The third-order valence-electron chi connectivity index (χ3n) is 3.97. The van der Waals surface area contributed by atoms with Crippen LogP contribution in [0.3, 0.4) is 0 Å². The molecule has 0 fully saturated rings. The molecule has 5 nitrogen and oxygen atoms in total. The van der Waals surface area contributed by atoms with Crippen molar-refractivity contribution in [2.75, 3.05) is 5.32 Å². The predicted octanol–water partition coefficient (Wildman–Crippen LogP) is 3.77. The normalized spacial score (nSPS) is 10.8. The van der Waals surface area contributed by atoms with E-state index >= 15 is 0 Å². The van der Waals surface area contributed by atoms with Crippen LogP contribution < -0.4 is 10.0 Å². The van der Waals surface area contributed by atoms with Crippen LogP contribution in [-0.4, -0.2) is 10.9 Å². The van der Waals surface area contributed by atoms with Crippen LogP contribution in [0.15, 0.2) is 73.1 Å². The summed E-state index contributed by atoms with van der Waals surface area (Å²) in [6.45, 7) is 0. The second-order valence-corrected chi connectivity index (χ2v) is 6.97. The van der Waals surface area contributed by atoms with Crippen LogP contribution >= 0.6 is 11.3 Å². The molecule has 1 N–H and O–H groups in total. The SMILES string of the molecule is O=C(Nc1ccc(Cc2nc3ccccc3s2)cc1)c1cc[n+]([O-])cc1. The van der Waals surface area contributed by atoms with Crippen molar-refractivity contribution in [3.63, 3.8) is 0 Å². The van der Waals surface area contributed by atoms with E-state index in [1.165, 1.54) is 29.2 Å². The number of anilines is 1. The van der Waals surface area contributed by atoms with Crippen molar-refractivity contribution in [1.82, 2.24) is 4.98 Å². The summed E-state index contributed by atoms with van der Waals surface area (Å²) >= 11 is 1.70. The largest absolute Gasteiger partial charge is 0.619 e. The molecule has 0 aliphatic carbocycles. The maximum atomic E-state index is 12.2. The Kier molecular flexibility index (Phi) is 4.33. The lowest BCUT2D eigenvalue weighted by atomic mass is 10.1. The summed E-state index contributed by atoms with van der Waals surface area (Å²) in [5, 5.41) is 14.9. The number of thiazole rings is 1. The molecule has 6 heteroatoms. The zero-order valence-corrected chi connectivity index (χ0v) is 14.6. The summed E-state index contributed by atoms with van der Waals surface area (Å²) in [7, 11) is 0. The molecule has 0 radical (unpaired) electrons. The van der Waals surface area contributed by atoms with Crippen LogP contribution in [0.25, 0.3) is 10.2 Å². The summed E-state index contributed by atoms with van der Waals surface area (Å²) in [6.07, 6.45) is 3.36. The molecule has 2 heterocycles. The van der Waals surface area contributed by atoms with Crippen molar-refractivity contribution in [2.24, 2.45) is 0 Å². The highest BCUT2D eigenvalue weighted by Gasteiger charge is 2.08. The highest BCUT2D eigenvalue weighted by molar-refractivity contribution is 7.18. The van der Waals surface area contributed by atoms with Gasteiger partial charge in [-0.3, -0.25) is 4.79 Å². The van der Waals surface area contributed by atoms with Gasteiger partial charge in [-0.2, -0.15) is 4.73 Å². The molecule has 0 aliphatic rings. The summed E-state index contributed by atoms with van der Waals surface area (Å²) < 4.78 is 1.84. The fraction of sp³-hybridized carbons (Fsp3) is 0.0500. The van der Waals surface area contributed by atoms with Crippen molar-refractivity contribution < 1.29 is 9.52 Å². The van der Waals surface area contributed by atoms with E-state index in [9.17, 15) is 10.0 Å². The Labute approximate surface area is 154 Å². The number of carbonyl (C=O) groups is 1. The van der Waals surface area contributed by atoms with Gasteiger partial charge in [0.2, 0.25) is 0 Å². The Morgan fingerprint density at radius 3 is 2.50 bits per heavy atom. The number of rotatable bonds is 4. The van der Waals surface area contributed by atoms with Crippen LogP contribution in [0.1, 0.15) is 20.9 Å². The molecular formula is C20H15N3O2S. The van der Waals surface area contributed by atoms with Gasteiger partial charge in [-0.1, -0.05) is 24.3 Å². The lowest BCUT2D eigenvalue weighted by Crippen LogP contribution is -2.25. The molecule has 26 heavy (non-hydrogen) atoms. The van der Waals surface area contributed by atoms with Crippen molar-refractivity contribution in [3.8, 4) is 0 Å². The minimum atomic E-state index is -0.246. The first kappa shape index (κ1) is 16.2. The average Bonchev–Trinajstić information content (AvgIpc) is 3.06. The standard InChI is InChI=1S/C20H15N3O2S/c24-20(15-9-11-23(25)12-10-15)21-16-7-5-14(6-8-16)13-19-22-17-3-1-2-4-18(17)26-19/h1-12H,13H2,(H,21,24). The van der Waals surface area contributed by atoms with E-state index in [0.717, 1.165) is 22.5 Å². The second-order valence-electron chi connectivity index (χ2n) is 5.85. The molecule has 0 atom stereocenters. The number of nitrogens with one attached hydrogen (secondary N) is 1. The van der Waals surface area contributed by atoms with E-state index in [-0.39, 0.29) is 5.91 Å². The zero-order chi connectivity index (χ0) is 17.9. The van der Waals surface area contributed by atoms with E-state index in [1.54, 1.807) is 11.3 Å². The Hall–Kier alpha value is -3.25. The lowest BCUT2D eigenvalue weighted by Gasteiger charge is -2.06. The number of carbonyl (C=O) groups excluding carboxylic acids is 1. The Balaban J connectivity index is 1.44. The number of pyridine rings is 1. The first-order valence-electron chi connectivity index (χ1n) is 8.11. The third kappa shape index (κ3) is 3.55. The molecule has 2 aromatic heterocycles. The third-order valence-corrected chi connectivity index (χ3v) is 5.01. The number of hydrogen-bond donors (Lipinski definition) is 1. The van der Waals surface area contributed by atoms with Crippen LogP contribution in [0.4, 0.5) is 5.69 Å². The number of aromatic nitrogens is 2. The molecule has 4 rings (SSSR count). The minimum absolute atomic E-state index is 0.246. The quantitative estimate of drug-likeness (QED) is 0.444. The van der Waals surface area contributed by atoms with Crippen molar-refractivity contribution in [3.05, 3.63) is 94.4 Å². The smallest absolute Gasteiger partial charge is 0.256 e. The molecule has 4 aromatic rings. The molecule has 0 spiro atoms. The molecule has 0 saturated heterocycles. The van der Waals surface area contributed by atoms with Gasteiger partial charge in [0.15, 0.2) is 12.4 Å². The molecule has 2 aromatic carbocycles. The van der Waals surface area contributed by atoms with Crippen LogP contribution in [0, 0.1) is 5.21 Å². The number of benzene rings is 2. The van der Waals surface area contributed by atoms with Gasteiger partial charge in [0, 0.05) is 24.2 Å². The maximum absolute atomic E-state index is 12.2. The summed E-state index contributed by atoms with van der Waals surface area (Å²) in [6, 6.07) is 18.8. The van der Waals surface area contributed by atoms with E-state index in [2.05, 4.69) is 16.4 Å². The van der Waals surface area contributed by atoms with Crippen LogP contribution in [-0.2, 0) is 6.42 Å². The Bertz CT molecular complexity index is 1020. The average molecular weight is 361 g/mol. The number of nitrogens with zero attached hydrogens (tertiary/aromatic N) is 2. The fourth-order valence-electron chi connectivity index (χ4n) is 2.64. The molecule has 0 unspecified atom stereocenters. The maximum Gasteiger partial charge on any atom is 0.256 e. The van der Waals surface area contributed by atoms with Gasteiger partial charge in [-0.25, -0.2) is 4.98 Å². The van der Waals surface area contributed by atoms with Crippen molar-refractivity contribution >= 4 is 33.1 Å². The van der Waals surface area contributed by atoms with Gasteiger partial charge >= 0.3 is 0 Å². The van der Waals surface area contributed by atoms with E-state index in [4.69, 9.17) is 0 Å². The highest BCUT2D eigenvalue weighted by Crippen LogP contribution is 2.24. The zero-order valence-electron chi connectivity index (χ0n) is 13.8. The molecule has 0 saturated carbocycles. The number of para-hydroxylation sites is 1. The Morgan fingerprint density at radius 2 is 1.77 bits per heavy atom. The van der Waals surface area contributed by atoms with Crippen LogP contribution in [0.5, 0.6) is 0 Å². The molecular weight excluding hydrogens is 346 g/mol. The lowest BCUT2D eigenvalue weighted by molar-refractivity contribution is -0.605. The number of hydrogen-bond acceptors (Lipinski definition) is 4. The Morgan fingerprint density at radius 1 is 1.04 bits per heavy atom. The fourth-order valence-corrected chi connectivity index (χ4v) is 3.65.